The summed E-state index contributed by atoms with van der Waals surface area (Å²) in [6.07, 6.45) is 0. The number of ether oxygens (including phenoxy) is 1. The van der Waals surface area contributed by atoms with Crippen molar-refractivity contribution < 1.29 is 13.2 Å². The van der Waals surface area contributed by atoms with Crippen molar-refractivity contribution in [2.75, 3.05) is 11.3 Å². The monoisotopic (exact) mass is 367 g/mol. The van der Waals surface area contributed by atoms with E-state index < -0.39 is 15.7 Å². The number of H-pyrrole nitrogens is 2. The minimum absolute atomic E-state index is 0.0104. The average Bonchev–Trinajstić information content (AvgIpc) is 2.87. The zero-order valence-corrected chi connectivity index (χ0v) is 14.2. The number of aromatic nitrogens is 2. The molecule has 0 radical (unpaired) electrons. The van der Waals surface area contributed by atoms with Crippen LogP contribution >= 0.6 is 11.6 Å². The minimum Gasteiger partial charge on any atom is -0.494 e. The third kappa shape index (κ3) is 3.24. The smallest absolute Gasteiger partial charge is 0.323 e. The molecule has 126 valence electrons. The molecule has 0 atom stereocenters. The number of rotatable bonds is 5. The van der Waals surface area contributed by atoms with E-state index in [0.717, 1.165) is 0 Å². The Morgan fingerprint density at radius 2 is 1.75 bits per heavy atom. The molecule has 0 aliphatic heterocycles. The molecule has 0 aliphatic carbocycles. The maximum atomic E-state index is 12.6. The van der Waals surface area contributed by atoms with Gasteiger partial charge in [0.25, 0.3) is 10.0 Å². The van der Waals surface area contributed by atoms with Crippen molar-refractivity contribution in [1.29, 1.82) is 0 Å². The molecule has 0 aliphatic rings. The number of hydrogen-bond acceptors (Lipinski definition) is 4. The molecule has 3 rings (SSSR count). The summed E-state index contributed by atoms with van der Waals surface area (Å²) >= 11 is 6.05. The molecule has 0 amide bonds. The average molecular weight is 368 g/mol. The summed E-state index contributed by atoms with van der Waals surface area (Å²) in [6, 6.07) is 9.21. The van der Waals surface area contributed by atoms with Crippen molar-refractivity contribution in [2.45, 2.75) is 11.8 Å². The van der Waals surface area contributed by atoms with Gasteiger partial charge in [-0.1, -0.05) is 11.6 Å². The van der Waals surface area contributed by atoms with Crippen LogP contribution in [0, 0.1) is 0 Å². The molecule has 0 unspecified atom stereocenters. The van der Waals surface area contributed by atoms with Gasteiger partial charge in [-0.15, -0.1) is 0 Å². The molecule has 24 heavy (non-hydrogen) atoms. The molecule has 1 aromatic heterocycles. The van der Waals surface area contributed by atoms with Crippen LogP contribution in [0.2, 0.25) is 5.02 Å². The summed E-state index contributed by atoms with van der Waals surface area (Å²) in [5, 5.41) is 0.0104. The van der Waals surface area contributed by atoms with Crippen LogP contribution in [0.1, 0.15) is 6.92 Å². The van der Waals surface area contributed by atoms with Gasteiger partial charge in [-0.2, -0.15) is 0 Å². The van der Waals surface area contributed by atoms with E-state index in [4.69, 9.17) is 16.3 Å². The van der Waals surface area contributed by atoms with Crippen molar-refractivity contribution in [1.82, 2.24) is 9.97 Å². The minimum atomic E-state index is -3.91. The van der Waals surface area contributed by atoms with Crippen LogP contribution in [-0.2, 0) is 10.0 Å². The lowest BCUT2D eigenvalue weighted by molar-refractivity contribution is 0.340. The molecular weight excluding hydrogens is 354 g/mol. The lowest BCUT2D eigenvalue weighted by atomic mass is 10.3. The van der Waals surface area contributed by atoms with Gasteiger partial charge in [-0.05, 0) is 43.3 Å². The second kappa shape index (κ2) is 6.21. The van der Waals surface area contributed by atoms with Crippen LogP contribution < -0.4 is 15.1 Å². The Balaban J connectivity index is 1.95. The molecular formula is C15H14ClN3O4S. The molecule has 3 aromatic rings. The van der Waals surface area contributed by atoms with E-state index in [9.17, 15) is 13.2 Å². The number of imidazole rings is 1. The third-order valence-electron chi connectivity index (χ3n) is 3.28. The fourth-order valence-corrected chi connectivity index (χ4v) is 3.85. The first-order chi connectivity index (χ1) is 11.4. The maximum Gasteiger partial charge on any atom is 0.323 e. The van der Waals surface area contributed by atoms with Gasteiger partial charge < -0.3 is 14.7 Å². The van der Waals surface area contributed by atoms with Gasteiger partial charge in [0.2, 0.25) is 0 Å². The van der Waals surface area contributed by atoms with E-state index in [2.05, 4.69) is 14.7 Å². The van der Waals surface area contributed by atoms with Crippen molar-refractivity contribution >= 4 is 38.3 Å². The first kappa shape index (κ1) is 16.4. The van der Waals surface area contributed by atoms with Crippen molar-refractivity contribution in [3.63, 3.8) is 0 Å². The number of halogens is 1. The highest BCUT2D eigenvalue weighted by Gasteiger charge is 2.20. The molecule has 1 heterocycles. The molecule has 2 aromatic carbocycles. The molecule has 0 bridgehead atoms. The van der Waals surface area contributed by atoms with Crippen LogP contribution in [-0.4, -0.2) is 25.0 Å². The van der Waals surface area contributed by atoms with Crippen molar-refractivity contribution in [2.24, 2.45) is 0 Å². The topological polar surface area (TPSA) is 104 Å². The van der Waals surface area contributed by atoms with Crippen LogP contribution in [0.4, 0.5) is 5.69 Å². The Morgan fingerprint density at radius 1 is 1.12 bits per heavy atom. The quantitative estimate of drug-likeness (QED) is 0.644. The number of sulfonamides is 1. The Labute approximate surface area is 142 Å². The Morgan fingerprint density at radius 3 is 2.38 bits per heavy atom. The first-order valence-electron chi connectivity index (χ1n) is 7.06. The second-order valence-corrected chi connectivity index (χ2v) is 7.03. The molecule has 3 N–H and O–H groups in total. The Bertz CT molecular complexity index is 1040. The predicted molar refractivity (Wildman–Crippen MR) is 92.3 cm³/mol. The van der Waals surface area contributed by atoms with Gasteiger partial charge in [0.15, 0.2) is 0 Å². The van der Waals surface area contributed by atoms with Gasteiger partial charge in [0.1, 0.15) is 10.6 Å². The first-order valence-corrected chi connectivity index (χ1v) is 8.92. The number of hydrogen-bond donors (Lipinski definition) is 3. The lowest BCUT2D eigenvalue weighted by Crippen LogP contribution is -2.13. The summed E-state index contributed by atoms with van der Waals surface area (Å²) in [5.74, 6) is 0.643. The third-order valence-corrected chi connectivity index (χ3v) is 5.12. The highest BCUT2D eigenvalue weighted by Crippen LogP contribution is 2.27. The van der Waals surface area contributed by atoms with E-state index in [-0.39, 0.29) is 9.92 Å². The van der Waals surface area contributed by atoms with E-state index in [1.54, 1.807) is 24.3 Å². The van der Waals surface area contributed by atoms with E-state index in [1.165, 1.54) is 12.1 Å². The van der Waals surface area contributed by atoms with Gasteiger partial charge in [0, 0.05) is 5.69 Å². The summed E-state index contributed by atoms with van der Waals surface area (Å²) in [6.45, 7) is 2.38. The Kier molecular flexibility index (Phi) is 4.25. The highest BCUT2D eigenvalue weighted by molar-refractivity contribution is 7.92. The summed E-state index contributed by atoms with van der Waals surface area (Å²) < 4.78 is 32.9. The van der Waals surface area contributed by atoms with Gasteiger partial charge in [-0.25, -0.2) is 13.2 Å². The maximum absolute atomic E-state index is 12.6. The molecule has 0 spiro atoms. The van der Waals surface area contributed by atoms with Crippen molar-refractivity contribution in [3.8, 4) is 5.75 Å². The summed E-state index contributed by atoms with van der Waals surface area (Å²) in [7, 11) is -3.91. The molecule has 0 saturated carbocycles. The SMILES string of the molecule is CCOc1ccc(NS(=O)(=O)c2cc3[nH]c(=O)[nH]c3cc2Cl)cc1. The van der Waals surface area contributed by atoms with E-state index in [1.807, 2.05) is 6.92 Å². The van der Waals surface area contributed by atoms with Gasteiger partial charge in [-0.3, -0.25) is 4.72 Å². The number of anilines is 1. The predicted octanol–water partition coefficient (Wildman–Crippen LogP) is 2.71. The number of nitrogens with one attached hydrogen (secondary N) is 3. The van der Waals surface area contributed by atoms with E-state index >= 15 is 0 Å². The molecule has 7 nitrogen and oxygen atoms in total. The van der Waals surface area contributed by atoms with Crippen LogP contribution in [0.3, 0.4) is 0 Å². The number of benzene rings is 2. The lowest BCUT2D eigenvalue weighted by Gasteiger charge is -2.10. The van der Waals surface area contributed by atoms with Crippen LogP contribution in [0.15, 0.2) is 46.1 Å². The molecule has 9 heteroatoms. The normalized spacial score (nSPS) is 11.6. The Hall–Kier alpha value is -2.45. The van der Waals surface area contributed by atoms with Crippen LogP contribution in [0.25, 0.3) is 11.0 Å². The second-order valence-electron chi connectivity index (χ2n) is 4.97. The fraction of sp³-hybridized carbons (Fsp3) is 0.133. The largest absolute Gasteiger partial charge is 0.494 e. The standard InChI is InChI=1S/C15H14ClN3O4S/c1-2-23-10-5-3-9(4-6-10)19-24(21,22)14-8-13-12(7-11(14)16)17-15(20)18-13/h3-8,19H,2H2,1H3,(H2,17,18,20). The molecule has 0 fully saturated rings. The van der Waals surface area contributed by atoms with E-state index in [0.29, 0.717) is 29.1 Å². The summed E-state index contributed by atoms with van der Waals surface area (Å²) in [5.41, 5.74) is 0.730. The highest BCUT2D eigenvalue weighted by atomic mass is 35.5. The van der Waals surface area contributed by atoms with Gasteiger partial charge in [0.05, 0.1) is 22.7 Å². The summed E-state index contributed by atoms with van der Waals surface area (Å²) in [4.78, 5) is 16.2. The van der Waals surface area contributed by atoms with Crippen molar-refractivity contribution in [3.05, 3.63) is 51.9 Å². The number of fused-ring (bicyclic) bond motifs is 1. The fourth-order valence-electron chi connectivity index (χ4n) is 2.24. The zero-order chi connectivity index (χ0) is 17.3. The van der Waals surface area contributed by atoms with Crippen LogP contribution in [0.5, 0.6) is 5.75 Å². The molecule has 0 saturated heterocycles. The number of aromatic amines is 2. The van der Waals surface area contributed by atoms with Gasteiger partial charge >= 0.3 is 5.69 Å². The zero-order valence-electron chi connectivity index (χ0n) is 12.6.